The highest BCUT2D eigenvalue weighted by Gasteiger charge is 2.10. The number of nitrogens with zero attached hydrogens (tertiary/aromatic N) is 1. The lowest BCUT2D eigenvalue weighted by molar-refractivity contribution is 0.309. The maximum absolute atomic E-state index is 6.29. The Hall–Kier alpha value is -2.30. The van der Waals surface area contributed by atoms with Gasteiger partial charge >= 0.3 is 0 Å². The molecule has 0 aliphatic rings. The third kappa shape index (κ3) is 3.61. The molecule has 0 amide bonds. The number of hydrogen-bond donors (Lipinski definition) is 1. The van der Waals surface area contributed by atoms with Gasteiger partial charge in [0.2, 0.25) is 0 Å². The van der Waals surface area contributed by atoms with Crippen molar-refractivity contribution in [2.24, 2.45) is 5.73 Å². The van der Waals surface area contributed by atoms with Crippen LogP contribution < -0.4 is 15.2 Å². The second-order valence-electron chi connectivity index (χ2n) is 5.42. The van der Waals surface area contributed by atoms with Gasteiger partial charge in [-0.2, -0.15) is 0 Å². The number of rotatable bonds is 6. The van der Waals surface area contributed by atoms with Crippen molar-refractivity contribution in [3.05, 3.63) is 64.8 Å². The fourth-order valence-corrected chi connectivity index (χ4v) is 2.73. The van der Waals surface area contributed by atoms with Crippen molar-refractivity contribution in [2.45, 2.75) is 13.0 Å². The van der Waals surface area contributed by atoms with E-state index in [1.807, 2.05) is 48.5 Å². The molecule has 0 saturated heterocycles. The summed E-state index contributed by atoms with van der Waals surface area (Å²) in [6.45, 7) is 0.985. The Balaban J connectivity index is 1.90. The molecule has 2 N–H and O–H groups in total. The second-order valence-corrected chi connectivity index (χ2v) is 5.83. The molecular weight excluding hydrogens is 324 g/mol. The third-order valence-electron chi connectivity index (χ3n) is 3.76. The van der Waals surface area contributed by atoms with Crippen molar-refractivity contribution >= 4 is 22.5 Å². The SMILES string of the molecule is COc1ccc(COc2cc(CCN)nc3c(Cl)cccc23)cc1. The van der Waals surface area contributed by atoms with Crippen LogP contribution in [-0.2, 0) is 13.0 Å². The number of benzene rings is 2. The number of para-hydroxylation sites is 1. The van der Waals surface area contributed by atoms with Crippen LogP contribution in [-0.4, -0.2) is 18.6 Å². The summed E-state index contributed by atoms with van der Waals surface area (Å²) >= 11 is 6.29. The Labute approximate surface area is 146 Å². The number of pyridine rings is 1. The van der Waals surface area contributed by atoms with Crippen molar-refractivity contribution < 1.29 is 9.47 Å². The van der Waals surface area contributed by atoms with Crippen LogP contribution in [0.2, 0.25) is 5.02 Å². The average Bonchev–Trinajstić information content (AvgIpc) is 2.61. The highest BCUT2D eigenvalue weighted by atomic mass is 35.5. The predicted molar refractivity (Wildman–Crippen MR) is 96.8 cm³/mol. The van der Waals surface area contributed by atoms with Crippen molar-refractivity contribution in [1.29, 1.82) is 0 Å². The fraction of sp³-hybridized carbons (Fsp3) is 0.211. The van der Waals surface area contributed by atoms with Gasteiger partial charge in [0, 0.05) is 23.6 Å². The van der Waals surface area contributed by atoms with Gasteiger partial charge in [0.15, 0.2) is 0 Å². The van der Waals surface area contributed by atoms with E-state index < -0.39 is 0 Å². The molecule has 0 atom stereocenters. The minimum Gasteiger partial charge on any atom is -0.497 e. The molecule has 0 fully saturated rings. The third-order valence-corrected chi connectivity index (χ3v) is 4.06. The summed E-state index contributed by atoms with van der Waals surface area (Å²) in [6, 6.07) is 15.4. The molecule has 3 aromatic rings. The largest absolute Gasteiger partial charge is 0.497 e. The molecule has 1 heterocycles. The van der Waals surface area contributed by atoms with E-state index in [0.717, 1.165) is 33.7 Å². The summed E-state index contributed by atoms with van der Waals surface area (Å²) in [5.74, 6) is 1.59. The van der Waals surface area contributed by atoms with Crippen LogP contribution in [0, 0.1) is 0 Å². The van der Waals surface area contributed by atoms with Crippen LogP contribution in [0.4, 0.5) is 0 Å². The van der Waals surface area contributed by atoms with Gasteiger partial charge in [0.25, 0.3) is 0 Å². The molecular formula is C19H19ClN2O2. The predicted octanol–water partition coefficient (Wildman–Crippen LogP) is 3.98. The van der Waals surface area contributed by atoms with Crippen LogP contribution in [0.1, 0.15) is 11.3 Å². The van der Waals surface area contributed by atoms with Crippen LogP contribution in [0.5, 0.6) is 11.5 Å². The Morgan fingerprint density at radius 3 is 2.62 bits per heavy atom. The number of halogens is 1. The topological polar surface area (TPSA) is 57.4 Å². The van der Waals surface area contributed by atoms with E-state index in [9.17, 15) is 0 Å². The van der Waals surface area contributed by atoms with Crippen molar-refractivity contribution in [2.75, 3.05) is 13.7 Å². The minimum atomic E-state index is 0.456. The Kier molecular flexibility index (Phi) is 5.18. The lowest BCUT2D eigenvalue weighted by Crippen LogP contribution is -2.05. The molecule has 0 unspecified atom stereocenters. The van der Waals surface area contributed by atoms with E-state index in [1.165, 1.54) is 0 Å². The van der Waals surface area contributed by atoms with Gasteiger partial charge in [0.1, 0.15) is 18.1 Å². The standard InChI is InChI=1S/C19H19ClN2O2/c1-23-15-7-5-13(6-8-15)12-24-18-11-14(9-10-21)22-19-16(18)3-2-4-17(19)20/h2-8,11H,9-10,12,21H2,1H3. The summed E-state index contributed by atoms with van der Waals surface area (Å²) in [5.41, 5.74) is 8.34. The van der Waals surface area contributed by atoms with Gasteiger partial charge in [-0.05, 0) is 36.4 Å². The van der Waals surface area contributed by atoms with Gasteiger partial charge in [-0.1, -0.05) is 29.8 Å². The van der Waals surface area contributed by atoms with E-state index in [4.69, 9.17) is 26.8 Å². The van der Waals surface area contributed by atoms with E-state index >= 15 is 0 Å². The first-order valence-corrected chi connectivity index (χ1v) is 8.13. The van der Waals surface area contributed by atoms with E-state index in [-0.39, 0.29) is 0 Å². The van der Waals surface area contributed by atoms with Gasteiger partial charge in [-0.3, -0.25) is 4.98 Å². The molecule has 24 heavy (non-hydrogen) atoms. The number of nitrogens with two attached hydrogens (primary N) is 1. The Bertz CT molecular complexity index is 835. The van der Waals surface area contributed by atoms with Crippen molar-refractivity contribution in [3.8, 4) is 11.5 Å². The molecule has 1 aromatic heterocycles. The van der Waals surface area contributed by atoms with Crippen molar-refractivity contribution in [1.82, 2.24) is 4.98 Å². The molecule has 0 bridgehead atoms. The van der Waals surface area contributed by atoms with Crippen molar-refractivity contribution in [3.63, 3.8) is 0 Å². The molecule has 5 heteroatoms. The maximum Gasteiger partial charge on any atom is 0.131 e. The summed E-state index contributed by atoms with van der Waals surface area (Å²) in [7, 11) is 1.65. The van der Waals surface area contributed by atoms with Crippen LogP contribution in [0.3, 0.4) is 0 Å². The molecule has 0 saturated carbocycles. The van der Waals surface area contributed by atoms with Gasteiger partial charge in [0.05, 0.1) is 17.6 Å². The highest BCUT2D eigenvalue weighted by Crippen LogP contribution is 2.31. The van der Waals surface area contributed by atoms with Gasteiger partial charge in [-0.15, -0.1) is 0 Å². The maximum atomic E-state index is 6.29. The Morgan fingerprint density at radius 2 is 1.92 bits per heavy atom. The number of aromatic nitrogens is 1. The zero-order valence-corrected chi connectivity index (χ0v) is 14.2. The minimum absolute atomic E-state index is 0.456. The zero-order valence-electron chi connectivity index (χ0n) is 13.5. The molecule has 0 aliphatic carbocycles. The number of ether oxygens (including phenoxy) is 2. The second kappa shape index (κ2) is 7.51. The van der Waals surface area contributed by atoms with Gasteiger partial charge < -0.3 is 15.2 Å². The molecule has 0 aliphatic heterocycles. The van der Waals surface area contributed by atoms with E-state index in [0.29, 0.717) is 24.6 Å². The van der Waals surface area contributed by atoms with Crippen LogP contribution in [0.15, 0.2) is 48.5 Å². The Morgan fingerprint density at radius 1 is 1.12 bits per heavy atom. The zero-order chi connectivity index (χ0) is 16.9. The van der Waals surface area contributed by atoms with Crippen LogP contribution in [0.25, 0.3) is 10.9 Å². The fourth-order valence-electron chi connectivity index (χ4n) is 2.51. The summed E-state index contributed by atoms with van der Waals surface area (Å²) in [5, 5.41) is 1.51. The molecule has 0 spiro atoms. The first-order chi connectivity index (χ1) is 11.7. The number of methoxy groups -OCH3 is 1. The van der Waals surface area contributed by atoms with Gasteiger partial charge in [-0.25, -0.2) is 0 Å². The lowest BCUT2D eigenvalue weighted by Gasteiger charge is -2.12. The normalized spacial score (nSPS) is 10.8. The molecule has 3 rings (SSSR count). The number of hydrogen-bond acceptors (Lipinski definition) is 4. The van der Waals surface area contributed by atoms with Crippen LogP contribution >= 0.6 is 11.6 Å². The molecule has 2 aromatic carbocycles. The molecule has 4 nitrogen and oxygen atoms in total. The monoisotopic (exact) mass is 342 g/mol. The van der Waals surface area contributed by atoms with E-state index in [2.05, 4.69) is 4.98 Å². The summed E-state index contributed by atoms with van der Waals surface area (Å²) in [4.78, 5) is 4.59. The molecule has 124 valence electrons. The number of fused-ring (bicyclic) bond motifs is 1. The highest BCUT2D eigenvalue weighted by molar-refractivity contribution is 6.35. The summed E-state index contributed by atoms with van der Waals surface area (Å²) in [6.07, 6.45) is 0.681. The lowest BCUT2D eigenvalue weighted by atomic mass is 10.1. The first kappa shape index (κ1) is 16.6. The smallest absolute Gasteiger partial charge is 0.131 e. The molecule has 0 radical (unpaired) electrons. The van der Waals surface area contributed by atoms with E-state index in [1.54, 1.807) is 7.11 Å². The average molecular weight is 343 g/mol. The summed E-state index contributed by atoms with van der Waals surface area (Å²) < 4.78 is 11.2. The first-order valence-electron chi connectivity index (χ1n) is 7.75. The quantitative estimate of drug-likeness (QED) is 0.736.